The Morgan fingerprint density at radius 2 is 1.71 bits per heavy atom. The van der Waals surface area contributed by atoms with E-state index in [9.17, 15) is 23.6 Å². The van der Waals surface area contributed by atoms with Gasteiger partial charge in [-0.2, -0.15) is 5.10 Å². The predicted molar refractivity (Wildman–Crippen MR) is 140 cm³/mol. The van der Waals surface area contributed by atoms with Crippen molar-refractivity contribution in [3.63, 3.8) is 0 Å². The van der Waals surface area contributed by atoms with Crippen LogP contribution in [0.5, 0.6) is 0 Å². The Morgan fingerprint density at radius 3 is 2.45 bits per heavy atom. The van der Waals surface area contributed by atoms with Crippen molar-refractivity contribution < 1.29 is 18.8 Å². The zero-order valence-electron chi connectivity index (χ0n) is 21.0. The molecule has 0 bridgehead atoms. The highest BCUT2D eigenvalue weighted by Gasteiger charge is 2.26. The number of aromatic amines is 1. The molecule has 1 aromatic heterocycles. The van der Waals surface area contributed by atoms with Crippen molar-refractivity contribution in [1.29, 1.82) is 0 Å². The fourth-order valence-corrected chi connectivity index (χ4v) is 4.53. The number of hydrogen-bond acceptors (Lipinski definition) is 6. The number of nitrogens with zero attached hydrogens (tertiary/aromatic N) is 3. The van der Waals surface area contributed by atoms with Gasteiger partial charge in [0.15, 0.2) is 0 Å². The molecule has 3 amide bonds. The summed E-state index contributed by atoms with van der Waals surface area (Å²) in [5.41, 5.74) is 6.33. The van der Waals surface area contributed by atoms with E-state index in [4.69, 9.17) is 5.73 Å². The monoisotopic (exact) mass is 522 g/mol. The number of halogens is 1. The first-order chi connectivity index (χ1) is 18.4. The number of amides is 3. The molecule has 4 N–H and O–H groups in total. The van der Waals surface area contributed by atoms with Gasteiger partial charge in [-0.05, 0) is 30.2 Å². The van der Waals surface area contributed by atoms with Gasteiger partial charge in [0.1, 0.15) is 5.82 Å². The van der Waals surface area contributed by atoms with Gasteiger partial charge in [0.25, 0.3) is 11.5 Å². The van der Waals surface area contributed by atoms with Crippen molar-refractivity contribution in [2.24, 2.45) is 5.73 Å². The smallest absolute Gasteiger partial charge is 0.272 e. The molecule has 4 rings (SSSR count). The number of nitrogens with two attached hydrogens (primary N) is 1. The molecule has 1 fully saturated rings. The topological polar surface area (TPSA) is 141 Å². The van der Waals surface area contributed by atoms with Gasteiger partial charge in [0.2, 0.25) is 11.8 Å². The van der Waals surface area contributed by atoms with Crippen LogP contribution in [0.4, 0.5) is 4.39 Å². The van der Waals surface area contributed by atoms with Gasteiger partial charge >= 0.3 is 0 Å². The van der Waals surface area contributed by atoms with Crippen molar-refractivity contribution in [2.45, 2.75) is 25.7 Å². The van der Waals surface area contributed by atoms with Crippen molar-refractivity contribution in [3.05, 3.63) is 75.5 Å². The van der Waals surface area contributed by atoms with E-state index in [2.05, 4.69) is 15.5 Å². The van der Waals surface area contributed by atoms with Gasteiger partial charge in [0.05, 0.1) is 16.6 Å². The normalized spacial score (nSPS) is 13.5. The van der Waals surface area contributed by atoms with E-state index >= 15 is 0 Å². The highest BCUT2D eigenvalue weighted by molar-refractivity contribution is 5.95. The van der Waals surface area contributed by atoms with Crippen molar-refractivity contribution >= 4 is 28.5 Å². The fraction of sp³-hybridized carbons (Fsp3) is 0.370. The number of nitrogens with one attached hydrogen (secondary N) is 2. The standard InChI is InChI=1S/C27H31FN6O4/c28-22-9-8-18(17-23-19-4-1-2-5-20(19)26(37)32-31-23)16-21(22)27(38)34-14-12-33(13-15-34)25(36)7-3-6-24(35)30-11-10-29/h1-2,4-5,8-9,16H,3,6-7,10-15,17,29H2,(H,30,35)(H,32,37). The molecular weight excluding hydrogens is 491 g/mol. The Morgan fingerprint density at radius 1 is 1.00 bits per heavy atom. The highest BCUT2D eigenvalue weighted by atomic mass is 19.1. The van der Waals surface area contributed by atoms with Gasteiger partial charge in [-0.3, -0.25) is 19.2 Å². The quantitative estimate of drug-likeness (QED) is 0.385. The third-order valence-corrected chi connectivity index (χ3v) is 6.59. The molecule has 11 heteroatoms. The molecule has 0 spiro atoms. The maximum atomic E-state index is 14.7. The fourth-order valence-electron chi connectivity index (χ4n) is 4.53. The van der Waals surface area contributed by atoms with E-state index in [-0.39, 0.29) is 48.9 Å². The van der Waals surface area contributed by atoms with Gasteiger partial charge < -0.3 is 20.9 Å². The Labute approximate surface area is 219 Å². The number of carbonyl (C=O) groups is 3. The molecule has 38 heavy (non-hydrogen) atoms. The molecule has 0 radical (unpaired) electrons. The van der Waals surface area contributed by atoms with Crippen molar-refractivity contribution in [1.82, 2.24) is 25.3 Å². The zero-order valence-corrected chi connectivity index (χ0v) is 21.0. The van der Waals surface area contributed by atoms with Crippen LogP contribution in [0.3, 0.4) is 0 Å². The second-order valence-electron chi connectivity index (χ2n) is 9.20. The maximum Gasteiger partial charge on any atom is 0.272 e. The number of benzene rings is 2. The number of hydrogen-bond donors (Lipinski definition) is 3. The van der Waals surface area contributed by atoms with Crippen LogP contribution >= 0.6 is 0 Å². The molecule has 200 valence electrons. The van der Waals surface area contributed by atoms with E-state index < -0.39 is 11.7 Å². The first-order valence-electron chi connectivity index (χ1n) is 12.7. The van der Waals surface area contributed by atoms with Crippen LogP contribution in [0.25, 0.3) is 10.8 Å². The van der Waals surface area contributed by atoms with Gasteiger partial charge in [-0.25, -0.2) is 9.49 Å². The number of aromatic nitrogens is 2. The maximum absolute atomic E-state index is 14.7. The first kappa shape index (κ1) is 26.9. The van der Waals surface area contributed by atoms with Gasteiger partial charge in [0, 0.05) is 63.9 Å². The van der Waals surface area contributed by atoms with Crippen molar-refractivity contribution in [2.75, 3.05) is 39.3 Å². The van der Waals surface area contributed by atoms with E-state index in [0.29, 0.717) is 61.1 Å². The summed E-state index contributed by atoms with van der Waals surface area (Å²) in [7, 11) is 0. The summed E-state index contributed by atoms with van der Waals surface area (Å²) in [6, 6.07) is 11.5. The molecule has 3 aromatic rings. The molecule has 0 saturated carbocycles. The summed E-state index contributed by atoms with van der Waals surface area (Å²) >= 11 is 0. The summed E-state index contributed by atoms with van der Waals surface area (Å²) < 4.78 is 14.7. The number of H-pyrrole nitrogens is 1. The lowest BCUT2D eigenvalue weighted by Gasteiger charge is -2.35. The van der Waals surface area contributed by atoms with Gasteiger partial charge in [-0.1, -0.05) is 24.3 Å². The minimum Gasteiger partial charge on any atom is -0.355 e. The zero-order chi connectivity index (χ0) is 27.1. The van der Waals surface area contributed by atoms with E-state index in [1.807, 2.05) is 6.07 Å². The van der Waals surface area contributed by atoms with Crippen molar-refractivity contribution in [3.8, 4) is 0 Å². The SMILES string of the molecule is NCCNC(=O)CCCC(=O)N1CCN(C(=O)c2cc(Cc3n[nH]c(=O)c4ccccc34)ccc2F)CC1. The number of rotatable bonds is 9. The molecule has 1 aliphatic heterocycles. The molecule has 1 aliphatic rings. The van der Waals surface area contributed by atoms with E-state index in [1.54, 1.807) is 34.1 Å². The average Bonchev–Trinajstić information content (AvgIpc) is 2.94. The molecular formula is C27H31FN6O4. The second-order valence-corrected chi connectivity index (χ2v) is 9.20. The molecule has 2 heterocycles. The van der Waals surface area contributed by atoms with Crippen LogP contribution in [-0.4, -0.2) is 77.0 Å². The first-order valence-corrected chi connectivity index (χ1v) is 12.7. The molecule has 0 aliphatic carbocycles. The van der Waals surface area contributed by atoms with Crippen LogP contribution in [-0.2, 0) is 16.0 Å². The van der Waals surface area contributed by atoms with Crippen LogP contribution in [0.15, 0.2) is 47.3 Å². The summed E-state index contributed by atoms with van der Waals surface area (Å²) in [6.07, 6.45) is 1.24. The van der Waals surface area contributed by atoms with Crippen LogP contribution < -0.4 is 16.6 Å². The Kier molecular flexibility index (Phi) is 8.80. The number of carbonyl (C=O) groups excluding carboxylic acids is 3. The van der Waals surface area contributed by atoms with E-state index in [0.717, 1.165) is 0 Å². The third-order valence-electron chi connectivity index (χ3n) is 6.59. The molecule has 2 aromatic carbocycles. The summed E-state index contributed by atoms with van der Waals surface area (Å²) in [4.78, 5) is 52.6. The second kappa shape index (κ2) is 12.4. The Hall–Kier alpha value is -4.12. The highest BCUT2D eigenvalue weighted by Crippen LogP contribution is 2.20. The minimum atomic E-state index is -0.621. The lowest BCUT2D eigenvalue weighted by atomic mass is 10.0. The largest absolute Gasteiger partial charge is 0.355 e. The third kappa shape index (κ3) is 6.41. The summed E-state index contributed by atoms with van der Waals surface area (Å²) in [6.45, 7) is 2.05. The number of piperazine rings is 1. The molecule has 0 unspecified atom stereocenters. The van der Waals surface area contributed by atoms with Gasteiger partial charge in [-0.15, -0.1) is 0 Å². The Balaban J connectivity index is 1.36. The lowest BCUT2D eigenvalue weighted by Crippen LogP contribution is -2.50. The van der Waals surface area contributed by atoms with Crippen LogP contribution in [0, 0.1) is 5.82 Å². The molecule has 10 nitrogen and oxygen atoms in total. The van der Waals surface area contributed by atoms with E-state index in [1.165, 1.54) is 12.1 Å². The summed E-state index contributed by atoms with van der Waals surface area (Å²) in [5.74, 6) is -1.26. The Bertz CT molecular complexity index is 1380. The molecule has 1 saturated heterocycles. The van der Waals surface area contributed by atoms with Crippen LogP contribution in [0.2, 0.25) is 0 Å². The summed E-state index contributed by atoms with van der Waals surface area (Å²) in [5, 5.41) is 10.5. The van der Waals surface area contributed by atoms with Crippen LogP contribution in [0.1, 0.15) is 40.9 Å². The predicted octanol–water partition coefficient (Wildman–Crippen LogP) is 1.18. The lowest BCUT2D eigenvalue weighted by molar-refractivity contribution is -0.132. The minimum absolute atomic E-state index is 0.0421. The molecule has 0 atom stereocenters. The average molecular weight is 523 g/mol. The number of fused-ring (bicyclic) bond motifs is 1.